The summed E-state index contributed by atoms with van der Waals surface area (Å²) in [4.78, 5) is 0. The molecule has 92 valence electrons. The molecule has 2 aromatic carbocycles. The highest BCUT2D eigenvalue weighted by atomic mass is 35.5. The van der Waals surface area contributed by atoms with Crippen LogP contribution >= 0.6 is 23.2 Å². The minimum absolute atomic E-state index is 0.122. The smallest absolute Gasteiger partial charge is 0.0876 e. The lowest BCUT2D eigenvalue weighted by atomic mass is 9.73. The zero-order chi connectivity index (χ0) is 12.7. The number of hydrogen-bond acceptors (Lipinski definition) is 1. The van der Waals surface area contributed by atoms with Crippen molar-refractivity contribution in [2.24, 2.45) is 0 Å². The summed E-state index contributed by atoms with van der Waals surface area (Å²) in [6.07, 6.45) is 0.297. The number of hydrogen-bond donors (Lipinski definition) is 1. The van der Waals surface area contributed by atoms with Crippen LogP contribution < -0.4 is 0 Å². The van der Waals surface area contributed by atoms with Crippen LogP contribution in [0.3, 0.4) is 0 Å². The van der Waals surface area contributed by atoms with Crippen LogP contribution in [-0.4, -0.2) is 5.11 Å². The van der Waals surface area contributed by atoms with Crippen molar-refractivity contribution in [1.82, 2.24) is 0 Å². The van der Waals surface area contributed by atoms with Gasteiger partial charge in [-0.25, -0.2) is 0 Å². The monoisotopic (exact) mass is 278 g/mol. The fraction of sp³-hybridized carbons (Fsp3) is 0.200. The van der Waals surface area contributed by atoms with Crippen molar-refractivity contribution in [1.29, 1.82) is 0 Å². The topological polar surface area (TPSA) is 20.2 Å². The molecule has 2 aromatic rings. The number of fused-ring (bicyclic) bond motifs is 1. The molecule has 0 saturated carbocycles. The second kappa shape index (κ2) is 4.58. The molecule has 0 radical (unpaired) electrons. The van der Waals surface area contributed by atoms with Gasteiger partial charge in [-0.05, 0) is 23.6 Å². The predicted molar refractivity (Wildman–Crippen MR) is 74.3 cm³/mol. The Bertz CT molecular complexity index is 595. The van der Waals surface area contributed by atoms with Crippen LogP contribution in [0.15, 0.2) is 42.5 Å². The van der Waals surface area contributed by atoms with Gasteiger partial charge >= 0.3 is 0 Å². The molecule has 1 aliphatic rings. The van der Waals surface area contributed by atoms with E-state index in [1.54, 1.807) is 6.07 Å². The van der Waals surface area contributed by atoms with Gasteiger partial charge in [-0.3, -0.25) is 0 Å². The van der Waals surface area contributed by atoms with E-state index in [4.69, 9.17) is 23.2 Å². The molecule has 0 fully saturated rings. The summed E-state index contributed by atoms with van der Waals surface area (Å²) in [6, 6.07) is 13.6. The third-order valence-electron chi connectivity index (χ3n) is 3.58. The molecule has 3 heteroatoms. The summed E-state index contributed by atoms with van der Waals surface area (Å²) in [5.74, 6) is 0.122. The van der Waals surface area contributed by atoms with E-state index in [2.05, 4.69) is 12.1 Å². The Morgan fingerprint density at radius 3 is 2.61 bits per heavy atom. The standard InChI is InChI=1S/C15H12Cl2O/c16-13-7-3-6-11(14(13)17)15(18)12-8-9-4-1-2-5-10(9)12/h1-7,12,15,18H,8H2. The predicted octanol–water partition coefficient (Wildman–Crippen LogP) is 4.37. The van der Waals surface area contributed by atoms with Crippen LogP contribution in [0.4, 0.5) is 0 Å². The van der Waals surface area contributed by atoms with E-state index in [0.29, 0.717) is 15.6 Å². The molecule has 3 rings (SSSR count). The van der Waals surface area contributed by atoms with E-state index in [1.807, 2.05) is 24.3 Å². The molecule has 0 heterocycles. The third-order valence-corrected chi connectivity index (χ3v) is 4.41. The van der Waals surface area contributed by atoms with Gasteiger partial charge in [-0.15, -0.1) is 0 Å². The lowest BCUT2D eigenvalue weighted by Crippen LogP contribution is -2.23. The van der Waals surface area contributed by atoms with E-state index < -0.39 is 6.10 Å². The van der Waals surface area contributed by atoms with Gasteiger partial charge in [0.1, 0.15) is 0 Å². The maximum absolute atomic E-state index is 10.4. The first-order chi connectivity index (χ1) is 8.68. The van der Waals surface area contributed by atoms with Gasteiger partial charge in [0.05, 0.1) is 16.1 Å². The summed E-state index contributed by atoms with van der Waals surface area (Å²) in [5, 5.41) is 11.4. The number of benzene rings is 2. The number of rotatable bonds is 2. The van der Waals surface area contributed by atoms with Crippen LogP contribution in [0.1, 0.15) is 28.7 Å². The Morgan fingerprint density at radius 2 is 1.83 bits per heavy atom. The van der Waals surface area contributed by atoms with Crippen LogP contribution in [-0.2, 0) is 6.42 Å². The molecule has 0 spiro atoms. The fourth-order valence-corrected chi connectivity index (χ4v) is 2.96. The molecule has 0 aromatic heterocycles. The Balaban J connectivity index is 1.94. The summed E-state index contributed by atoms with van der Waals surface area (Å²) in [5.41, 5.74) is 3.23. The van der Waals surface area contributed by atoms with Crippen LogP contribution in [0.2, 0.25) is 10.0 Å². The van der Waals surface area contributed by atoms with Gasteiger partial charge in [-0.1, -0.05) is 59.6 Å². The maximum atomic E-state index is 10.4. The highest BCUT2D eigenvalue weighted by molar-refractivity contribution is 6.42. The van der Waals surface area contributed by atoms with Gasteiger partial charge in [0.2, 0.25) is 0 Å². The summed E-state index contributed by atoms with van der Waals surface area (Å²) >= 11 is 12.1. The van der Waals surface area contributed by atoms with Gasteiger partial charge in [-0.2, -0.15) is 0 Å². The van der Waals surface area contributed by atoms with Crippen molar-refractivity contribution in [2.45, 2.75) is 18.4 Å². The quantitative estimate of drug-likeness (QED) is 0.865. The number of halogens is 2. The molecular weight excluding hydrogens is 267 g/mol. The average Bonchev–Trinajstić information content (AvgIpc) is 2.34. The van der Waals surface area contributed by atoms with Crippen LogP contribution in [0, 0.1) is 0 Å². The largest absolute Gasteiger partial charge is 0.388 e. The molecule has 1 N–H and O–H groups in total. The SMILES string of the molecule is OC(c1cccc(Cl)c1Cl)C1Cc2ccccc21. The first kappa shape index (κ1) is 12.0. The van der Waals surface area contributed by atoms with Crippen molar-refractivity contribution in [3.8, 4) is 0 Å². The lowest BCUT2D eigenvalue weighted by Gasteiger charge is -2.34. The van der Waals surface area contributed by atoms with Gasteiger partial charge in [0.25, 0.3) is 0 Å². The normalized spacial score (nSPS) is 18.9. The summed E-state index contributed by atoms with van der Waals surface area (Å²) in [6.45, 7) is 0. The molecule has 0 bridgehead atoms. The van der Waals surface area contributed by atoms with Gasteiger partial charge in [0, 0.05) is 11.5 Å². The number of aliphatic hydroxyl groups excluding tert-OH is 1. The fourth-order valence-electron chi connectivity index (χ4n) is 2.54. The minimum Gasteiger partial charge on any atom is -0.388 e. The van der Waals surface area contributed by atoms with E-state index in [-0.39, 0.29) is 5.92 Å². The number of aliphatic hydroxyl groups is 1. The van der Waals surface area contributed by atoms with E-state index >= 15 is 0 Å². The Kier molecular flexibility index (Phi) is 3.06. The van der Waals surface area contributed by atoms with Crippen molar-refractivity contribution >= 4 is 23.2 Å². The summed E-state index contributed by atoms with van der Waals surface area (Å²) < 4.78 is 0. The van der Waals surface area contributed by atoms with Crippen molar-refractivity contribution in [2.75, 3.05) is 0 Å². The molecule has 18 heavy (non-hydrogen) atoms. The average molecular weight is 279 g/mol. The Morgan fingerprint density at radius 1 is 1.06 bits per heavy atom. The van der Waals surface area contributed by atoms with Crippen molar-refractivity contribution in [3.63, 3.8) is 0 Å². The molecule has 0 amide bonds. The molecule has 2 unspecified atom stereocenters. The second-order valence-corrected chi connectivity index (χ2v) is 5.38. The van der Waals surface area contributed by atoms with E-state index in [9.17, 15) is 5.11 Å². The zero-order valence-corrected chi connectivity index (χ0v) is 11.1. The van der Waals surface area contributed by atoms with Crippen LogP contribution in [0.5, 0.6) is 0 Å². The Labute approximate surface area is 116 Å². The molecule has 0 aliphatic heterocycles. The van der Waals surface area contributed by atoms with E-state index in [1.165, 1.54) is 11.1 Å². The zero-order valence-electron chi connectivity index (χ0n) is 9.61. The highest BCUT2D eigenvalue weighted by Crippen LogP contribution is 2.45. The Hall–Kier alpha value is -1.02. The second-order valence-electron chi connectivity index (χ2n) is 4.60. The molecule has 1 nitrogen and oxygen atoms in total. The van der Waals surface area contributed by atoms with Gasteiger partial charge < -0.3 is 5.11 Å². The molecular formula is C15H12Cl2O. The summed E-state index contributed by atoms with van der Waals surface area (Å²) in [7, 11) is 0. The molecule has 2 atom stereocenters. The first-order valence-corrected chi connectivity index (χ1v) is 6.64. The maximum Gasteiger partial charge on any atom is 0.0876 e. The molecule has 0 saturated heterocycles. The molecule has 1 aliphatic carbocycles. The minimum atomic E-state index is -0.592. The van der Waals surface area contributed by atoms with Crippen molar-refractivity contribution in [3.05, 3.63) is 69.2 Å². The third kappa shape index (κ3) is 1.83. The highest BCUT2D eigenvalue weighted by Gasteiger charge is 2.33. The first-order valence-electron chi connectivity index (χ1n) is 5.88. The lowest BCUT2D eigenvalue weighted by molar-refractivity contribution is 0.134. The van der Waals surface area contributed by atoms with E-state index in [0.717, 1.165) is 6.42 Å². The van der Waals surface area contributed by atoms with Crippen molar-refractivity contribution < 1.29 is 5.11 Å². The van der Waals surface area contributed by atoms with Gasteiger partial charge in [0.15, 0.2) is 0 Å². The van der Waals surface area contributed by atoms with Crippen LogP contribution in [0.25, 0.3) is 0 Å².